The van der Waals surface area contributed by atoms with E-state index in [9.17, 15) is 9.90 Å². The highest BCUT2D eigenvalue weighted by Gasteiger charge is 2.12. The lowest BCUT2D eigenvalue weighted by Crippen LogP contribution is -2.15. The molecule has 3 rings (SSSR count). The minimum Gasteiger partial charge on any atom is -0.507 e. The summed E-state index contributed by atoms with van der Waals surface area (Å²) in [6.07, 6.45) is 3.07. The lowest BCUT2D eigenvalue weighted by atomic mass is 10.1. The molecule has 0 aliphatic carbocycles. The zero-order chi connectivity index (χ0) is 16.2. The van der Waals surface area contributed by atoms with Gasteiger partial charge in [0.2, 0.25) is 0 Å². The van der Waals surface area contributed by atoms with E-state index >= 15 is 0 Å². The number of methoxy groups -OCH3 is 1. The van der Waals surface area contributed by atoms with Crippen LogP contribution >= 0.6 is 0 Å². The molecule has 0 amide bonds. The van der Waals surface area contributed by atoms with E-state index < -0.39 is 0 Å². The van der Waals surface area contributed by atoms with Crippen LogP contribution < -0.4 is 14.2 Å². The Kier molecular flexibility index (Phi) is 4.19. The van der Waals surface area contributed by atoms with Gasteiger partial charge in [-0.2, -0.15) is 0 Å². The minimum atomic E-state index is -0.309. The summed E-state index contributed by atoms with van der Waals surface area (Å²) in [6, 6.07) is 9.99. The second kappa shape index (κ2) is 6.44. The number of fused-ring (bicyclic) bond motifs is 1. The van der Waals surface area contributed by atoms with Crippen LogP contribution in [0.15, 0.2) is 42.5 Å². The van der Waals surface area contributed by atoms with Crippen molar-refractivity contribution in [2.24, 2.45) is 0 Å². The topological polar surface area (TPSA) is 65.0 Å². The van der Waals surface area contributed by atoms with Gasteiger partial charge in [-0.25, -0.2) is 0 Å². The van der Waals surface area contributed by atoms with Crippen molar-refractivity contribution in [3.63, 3.8) is 0 Å². The van der Waals surface area contributed by atoms with Crippen LogP contribution in [0, 0.1) is 0 Å². The highest BCUT2D eigenvalue weighted by atomic mass is 16.6. The molecule has 2 aromatic carbocycles. The normalized spacial score (nSPS) is 13.1. The summed E-state index contributed by atoms with van der Waals surface area (Å²) in [5.74, 6) is 1.48. The van der Waals surface area contributed by atoms with Gasteiger partial charge < -0.3 is 19.3 Å². The largest absolute Gasteiger partial charge is 0.507 e. The van der Waals surface area contributed by atoms with E-state index in [-0.39, 0.29) is 17.1 Å². The summed E-state index contributed by atoms with van der Waals surface area (Å²) >= 11 is 0. The number of ketones is 1. The standard InChI is InChI=1S/C18H16O5/c1-21-13-4-6-16(20)14(11-13)15(19)5-2-12-3-7-17-18(10-12)23-9-8-22-17/h2-7,10-11,20H,8-9H2,1H3. The lowest BCUT2D eigenvalue weighted by molar-refractivity contribution is 0.104. The van der Waals surface area contributed by atoms with Crippen molar-refractivity contribution in [1.82, 2.24) is 0 Å². The molecule has 1 heterocycles. The Bertz CT molecular complexity index is 764. The summed E-state index contributed by atoms with van der Waals surface area (Å²) in [5.41, 5.74) is 1.00. The maximum absolute atomic E-state index is 12.2. The monoisotopic (exact) mass is 312 g/mol. The maximum atomic E-state index is 12.2. The van der Waals surface area contributed by atoms with Gasteiger partial charge in [-0.1, -0.05) is 12.1 Å². The van der Waals surface area contributed by atoms with Crippen LogP contribution in [0.1, 0.15) is 15.9 Å². The van der Waals surface area contributed by atoms with Crippen LogP contribution in [0.3, 0.4) is 0 Å². The number of aromatic hydroxyl groups is 1. The van der Waals surface area contributed by atoms with E-state index in [4.69, 9.17) is 14.2 Å². The number of allylic oxidation sites excluding steroid dienone is 1. The van der Waals surface area contributed by atoms with Crippen molar-refractivity contribution in [2.45, 2.75) is 0 Å². The number of hydrogen-bond donors (Lipinski definition) is 1. The molecule has 0 fully saturated rings. The predicted octanol–water partition coefficient (Wildman–Crippen LogP) is 3.07. The molecule has 23 heavy (non-hydrogen) atoms. The molecule has 0 bridgehead atoms. The molecule has 0 radical (unpaired) electrons. The Morgan fingerprint density at radius 1 is 1.13 bits per heavy atom. The van der Waals surface area contributed by atoms with Gasteiger partial charge >= 0.3 is 0 Å². The van der Waals surface area contributed by atoms with Crippen LogP contribution in [-0.4, -0.2) is 31.2 Å². The minimum absolute atomic E-state index is 0.0809. The van der Waals surface area contributed by atoms with E-state index in [1.54, 1.807) is 12.1 Å². The van der Waals surface area contributed by atoms with Crippen molar-refractivity contribution in [3.05, 3.63) is 53.6 Å². The fourth-order valence-corrected chi connectivity index (χ4v) is 2.26. The van der Waals surface area contributed by atoms with E-state index in [1.165, 1.54) is 25.3 Å². The summed E-state index contributed by atoms with van der Waals surface area (Å²) in [7, 11) is 1.51. The molecule has 0 spiro atoms. The van der Waals surface area contributed by atoms with E-state index in [0.717, 1.165) is 5.56 Å². The second-order valence-corrected chi connectivity index (χ2v) is 4.98. The molecule has 0 aromatic heterocycles. The zero-order valence-electron chi connectivity index (χ0n) is 12.6. The zero-order valence-corrected chi connectivity index (χ0v) is 12.6. The van der Waals surface area contributed by atoms with Gasteiger partial charge in [0.1, 0.15) is 24.7 Å². The number of rotatable bonds is 4. The van der Waals surface area contributed by atoms with Gasteiger partial charge in [-0.3, -0.25) is 4.79 Å². The number of benzene rings is 2. The number of carbonyl (C=O) groups is 1. The van der Waals surface area contributed by atoms with Crippen LogP contribution in [0.25, 0.3) is 6.08 Å². The first-order valence-electron chi connectivity index (χ1n) is 7.16. The molecule has 1 aliphatic rings. The number of carbonyl (C=O) groups excluding carboxylic acids is 1. The quantitative estimate of drug-likeness (QED) is 0.694. The van der Waals surface area contributed by atoms with Gasteiger partial charge in [0.05, 0.1) is 12.7 Å². The van der Waals surface area contributed by atoms with Gasteiger partial charge in [-0.05, 0) is 42.0 Å². The van der Waals surface area contributed by atoms with Crippen molar-refractivity contribution in [3.8, 4) is 23.0 Å². The van der Waals surface area contributed by atoms with Crippen molar-refractivity contribution in [2.75, 3.05) is 20.3 Å². The van der Waals surface area contributed by atoms with Crippen molar-refractivity contribution in [1.29, 1.82) is 0 Å². The average Bonchev–Trinajstić information content (AvgIpc) is 2.60. The van der Waals surface area contributed by atoms with Crippen LogP contribution in [-0.2, 0) is 0 Å². The predicted molar refractivity (Wildman–Crippen MR) is 85.5 cm³/mol. The molecule has 1 aliphatic heterocycles. The highest BCUT2D eigenvalue weighted by Crippen LogP contribution is 2.31. The molecule has 2 aromatic rings. The van der Waals surface area contributed by atoms with Crippen LogP contribution in [0.5, 0.6) is 23.0 Å². The van der Waals surface area contributed by atoms with Crippen molar-refractivity contribution < 1.29 is 24.1 Å². The Morgan fingerprint density at radius 3 is 2.70 bits per heavy atom. The smallest absolute Gasteiger partial charge is 0.189 e. The maximum Gasteiger partial charge on any atom is 0.189 e. The molecule has 118 valence electrons. The first-order chi connectivity index (χ1) is 11.2. The van der Waals surface area contributed by atoms with Crippen molar-refractivity contribution >= 4 is 11.9 Å². The average molecular weight is 312 g/mol. The second-order valence-electron chi connectivity index (χ2n) is 4.98. The molecular formula is C18H16O5. The van der Waals surface area contributed by atoms with Gasteiger partial charge in [0, 0.05) is 0 Å². The molecule has 0 saturated carbocycles. The first-order valence-corrected chi connectivity index (χ1v) is 7.16. The summed E-state index contributed by atoms with van der Waals surface area (Å²) in [5, 5.41) is 9.81. The molecule has 5 nitrogen and oxygen atoms in total. The summed E-state index contributed by atoms with van der Waals surface area (Å²) < 4.78 is 16.0. The SMILES string of the molecule is COc1ccc(O)c(C(=O)C=Cc2ccc3c(c2)OCCO3)c1. The third-order valence-corrected chi connectivity index (χ3v) is 3.46. The Balaban J connectivity index is 1.81. The van der Waals surface area contributed by atoms with Gasteiger partial charge in [-0.15, -0.1) is 0 Å². The molecule has 0 unspecified atom stereocenters. The molecule has 1 N–H and O–H groups in total. The van der Waals surface area contributed by atoms with E-state index in [0.29, 0.717) is 30.5 Å². The van der Waals surface area contributed by atoms with E-state index in [2.05, 4.69) is 0 Å². The lowest BCUT2D eigenvalue weighted by Gasteiger charge is -2.18. The number of phenols is 1. The Morgan fingerprint density at radius 2 is 1.91 bits per heavy atom. The highest BCUT2D eigenvalue weighted by molar-refractivity contribution is 6.08. The summed E-state index contributed by atoms with van der Waals surface area (Å²) in [6.45, 7) is 1.05. The van der Waals surface area contributed by atoms with Crippen LogP contribution in [0.2, 0.25) is 0 Å². The molecular weight excluding hydrogens is 296 g/mol. The Hall–Kier alpha value is -2.95. The summed E-state index contributed by atoms with van der Waals surface area (Å²) in [4.78, 5) is 12.2. The molecule has 5 heteroatoms. The van der Waals surface area contributed by atoms with Gasteiger partial charge in [0.25, 0.3) is 0 Å². The van der Waals surface area contributed by atoms with Crippen LogP contribution in [0.4, 0.5) is 0 Å². The Labute approximate surface area is 133 Å². The fourth-order valence-electron chi connectivity index (χ4n) is 2.26. The first kappa shape index (κ1) is 15.0. The molecule has 0 atom stereocenters. The third kappa shape index (κ3) is 3.29. The number of ether oxygens (including phenoxy) is 3. The third-order valence-electron chi connectivity index (χ3n) is 3.46. The number of hydrogen-bond acceptors (Lipinski definition) is 5. The fraction of sp³-hybridized carbons (Fsp3) is 0.167. The van der Waals surface area contributed by atoms with E-state index in [1.807, 2.05) is 18.2 Å². The van der Waals surface area contributed by atoms with Gasteiger partial charge in [0.15, 0.2) is 17.3 Å². The molecule has 0 saturated heterocycles. The number of phenolic OH excluding ortho intramolecular Hbond substituents is 1.